The van der Waals surface area contributed by atoms with E-state index in [1.807, 2.05) is 0 Å². The number of hydrogen-bond acceptors (Lipinski definition) is 2. The van der Waals surface area contributed by atoms with Gasteiger partial charge in [0.25, 0.3) is 0 Å². The van der Waals surface area contributed by atoms with Crippen LogP contribution in [0, 0.1) is 0 Å². The first-order valence-electron chi connectivity index (χ1n) is 4.83. The number of carboxylic acid groups (broad SMARTS) is 1. The molecule has 0 rings (SSSR count). The van der Waals surface area contributed by atoms with Crippen LogP contribution in [0.5, 0.6) is 0 Å². The molecule has 0 amide bonds. The normalized spacial score (nSPS) is 12.8. The van der Waals surface area contributed by atoms with Crippen LogP contribution >= 0.6 is 0 Å². The number of rotatable bonds is 8. The highest BCUT2D eigenvalue weighted by atomic mass is 16.4. The average molecular weight is 191 g/mol. The number of hydrogen-bond donors (Lipinski definition) is 3. The standard InChI is InChI=1S/C8H19N3O2/c9-4-1-2-5-11-6-3-7(10)8(12)13/h7,11H,1-6,9-10H2,(H,12,13)/p+2/t7-/m0/s1. The highest BCUT2D eigenvalue weighted by Gasteiger charge is 2.06. The second-order valence-electron chi connectivity index (χ2n) is 3.23. The maximum Gasteiger partial charge on any atom is 0.130 e. The fourth-order valence-electron chi connectivity index (χ4n) is 1.05. The Morgan fingerprint density at radius 2 is 2.08 bits per heavy atom. The number of carboxylic acids is 1. The quantitative estimate of drug-likeness (QED) is 0.335. The van der Waals surface area contributed by atoms with Gasteiger partial charge in [-0.1, -0.05) is 0 Å². The lowest BCUT2D eigenvalue weighted by atomic mass is 10.2. The van der Waals surface area contributed by atoms with Crippen LogP contribution in [0.3, 0.4) is 0 Å². The molecule has 0 radical (unpaired) electrons. The van der Waals surface area contributed by atoms with E-state index >= 15 is 0 Å². The molecule has 0 bridgehead atoms. The van der Waals surface area contributed by atoms with Crippen LogP contribution in [0.25, 0.3) is 0 Å². The van der Waals surface area contributed by atoms with E-state index in [1.54, 1.807) is 0 Å². The van der Waals surface area contributed by atoms with Gasteiger partial charge < -0.3 is 26.7 Å². The highest BCUT2D eigenvalue weighted by molar-refractivity contribution is 5.68. The molecule has 1 atom stereocenters. The minimum absolute atomic E-state index is 0.566. The van der Waals surface area contributed by atoms with Crippen LogP contribution in [0.2, 0.25) is 0 Å². The minimum atomic E-state index is -1.05. The zero-order chi connectivity index (χ0) is 10.1. The van der Waals surface area contributed by atoms with Crippen molar-refractivity contribution >= 4 is 5.97 Å². The van der Waals surface area contributed by atoms with E-state index < -0.39 is 12.0 Å². The van der Waals surface area contributed by atoms with Gasteiger partial charge in [0, 0.05) is 12.8 Å². The molecule has 5 nitrogen and oxygen atoms in total. The van der Waals surface area contributed by atoms with Gasteiger partial charge in [-0.3, -0.25) is 0 Å². The Labute approximate surface area is 78.5 Å². The predicted octanol–water partition coefficient (Wildman–Crippen LogP) is -4.68. The molecule has 5 heteroatoms. The number of nitrogens with two attached hydrogens (primary N) is 1. The topological polar surface area (TPSA) is 112 Å². The number of aliphatic carboxylic acids is 1. The Bertz CT molecular complexity index is 141. The van der Waals surface area contributed by atoms with Crippen LogP contribution < -0.4 is 21.9 Å². The fourth-order valence-corrected chi connectivity index (χ4v) is 1.05. The summed E-state index contributed by atoms with van der Waals surface area (Å²) >= 11 is 0. The van der Waals surface area contributed by atoms with E-state index in [9.17, 15) is 9.90 Å². The van der Waals surface area contributed by atoms with Crippen molar-refractivity contribution in [3.05, 3.63) is 0 Å². The SMILES string of the molecule is [NH3+]CCCC[NH2+]CC[C@H]([NH3+])C(=O)[O-]. The molecule has 0 unspecified atom stereocenters. The third-order valence-electron chi connectivity index (χ3n) is 1.96. The molecule has 0 aromatic heterocycles. The smallest absolute Gasteiger partial charge is 0.130 e. The number of carbonyl (C=O) groups is 1. The molecule has 0 aliphatic heterocycles. The zero-order valence-corrected chi connectivity index (χ0v) is 8.13. The molecule has 0 aromatic rings. The van der Waals surface area contributed by atoms with E-state index in [2.05, 4.69) is 16.8 Å². The molecular formula is C8H21N3O2+2. The van der Waals surface area contributed by atoms with Crippen LogP contribution in [0.1, 0.15) is 19.3 Å². The maximum absolute atomic E-state index is 10.3. The van der Waals surface area contributed by atoms with Crippen molar-refractivity contribution in [2.75, 3.05) is 19.6 Å². The van der Waals surface area contributed by atoms with Crippen molar-refractivity contribution < 1.29 is 26.7 Å². The third-order valence-corrected chi connectivity index (χ3v) is 1.96. The average Bonchev–Trinajstić information content (AvgIpc) is 2.10. The lowest BCUT2D eigenvalue weighted by molar-refractivity contribution is -0.659. The van der Waals surface area contributed by atoms with Gasteiger partial charge in [0.15, 0.2) is 0 Å². The summed E-state index contributed by atoms with van der Waals surface area (Å²) in [6, 6.07) is -0.566. The molecule has 0 aliphatic rings. The van der Waals surface area contributed by atoms with Crippen LogP contribution in [0.4, 0.5) is 0 Å². The molecular weight excluding hydrogens is 170 g/mol. The van der Waals surface area contributed by atoms with Gasteiger partial charge >= 0.3 is 0 Å². The first-order valence-corrected chi connectivity index (χ1v) is 4.83. The molecule has 0 aliphatic carbocycles. The third kappa shape index (κ3) is 7.70. The first-order chi connectivity index (χ1) is 6.18. The van der Waals surface area contributed by atoms with Gasteiger partial charge in [0.1, 0.15) is 6.04 Å². The van der Waals surface area contributed by atoms with Gasteiger partial charge in [-0.2, -0.15) is 0 Å². The van der Waals surface area contributed by atoms with Gasteiger partial charge in [-0.25, -0.2) is 0 Å². The molecule has 0 spiro atoms. The Kier molecular flexibility index (Phi) is 7.57. The molecule has 0 heterocycles. The van der Waals surface area contributed by atoms with Crippen molar-refractivity contribution in [1.29, 1.82) is 0 Å². The van der Waals surface area contributed by atoms with E-state index in [0.29, 0.717) is 6.42 Å². The Morgan fingerprint density at radius 1 is 1.38 bits per heavy atom. The highest BCUT2D eigenvalue weighted by Crippen LogP contribution is 1.79. The van der Waals surface area contributed by atoms with Crippen LogP contribution in [-0.4, -0.2) is 31.6 Å². The summed E-state index contributed by atoms with van der Waals surface area (Å²) in [6.07, 6.45) is 2.88. The van der Waals surface area contributed by atoms with E-state index in [4.69, 9.17) is 0 Å². The van der Waals surface area contributed by atoms with Crippen molar-refractivity contribution in [3.8, 4) is 0 Å². The lowest BCUT2D eigenvalue weighted by Gasteiger charge is -2.07. The molecule has 78 valence electrons. The summed E-state index contributed by atoms with van der Waals surface area (Å²) in [5.41, 5.74) is 7.22. The molecule has 0 saturated heterocycles. The Balaban J connectivity index is 3.11. The van der Waals surface area contributed by atoms with Crippen molar-refractivity contribution in [2.45, 2.75) is 25.3 Å². The summed E-state index contributed by atoms with van der Waals surface area (Å²) in [7, 11) is 0. The van der Waals surface area contributed by atoms with E-state index in [1.165, 1.54) is 0 Å². The monoisotopic (exact) mass is 191 g/mol. The fraction of sp³-hybridized carbons (Fsp3) is 0.875. The van der Waals surface area contributed by atoms with Crippen LogP contribution in [-0.2, 0) is 4.79 Å². The number of carbonyl (C=O) groups excluding carboxylic acids is 1. The molecule has 8 N–H and O–H groups in total. The van der Waals surface area contributed by atoms with E-state index in [-0.39, 0.29) is 0 Å². The predicted molar refractivity (Wildman–Crippen MR) is 44.9 cm³/mol. The first kappa shape index (κ1) is 12.3. The molecule has 0 aromatic carbocycles. The van der Waals surface area contributed by atoms with Gasteiger partial charge in [-0.15, -0.1) is 0 Å². The summed E-state index contributed by atoms with van der Waals surface area (Å²) in [6.45, 7) is 2.85. The summed E-state index contributed by atoms with van der Waals surface area (Å²) in [5.74, 6) is -1.05. The largest absolute Gasteiger partial charge is 0.544 e. The molecule has 13 heavy (non-hydrogen) atoms. The Hall–Kier alpha value is -0.650. The summed E-state index contributed by atoms with van der Waals surface area (Å²) in [5, 5.41) is 12.4. The van der Waals surface area contributed by atoms with Crippen LogP contribution in [0.15, 0.2) is 0 Å². The summed E-state index contributed by atoms with van der Waals surface area (Å²) in [4.78, 5) is 10.3. The minimum Gasteiger partial charge on any atom is -0.544 e. The summed E-state index contributed by atoms with van der Waals surface area (Å²) < 4.78 is 0. The van der Waals surface area contributed by atoms with Gasteiger partial charge in [0.2, 0.25) is 0 Å². The second-order valence-corrected chi connectivity index (χ2v) is 3.23. The van der Waals surface area contributed by atoms with Gasteiger partial charge in [0.05, 0.1) is 32.0 Å². The van der Waals surface area contributed by atoms with Crippen molar-refractivity contribution in [2.24, 2.45) is 0 Å². The second kappa shape index (κ2) is 7.97. The molecule has 0 fully saturated rings. The Morgan fingerprint density at radius 3 is 2.62 bits per heavy atom. The van der Waals surface area contributed by atoms with Gasteiger partial charge in [-0.05, 0) is 0 Å². The number of unbranched alkanes of at least 4 members (excludes halogenated alkanes) is 1. The lowest BCUT2D eigenvalue weighted by Crippen LogP contribution is -2.86. The van der Waals surface area contributed by atoms with Crippen molar-refractivity contribution in [1.82, 2.24) is 0 Å². The zero-order valence-electron chi connectivity index (χ0n) is 8.13. The van der Waals surface area contributed by atoms with Crippen molar-refractivity contribution in [3.63, 3.8) is 0 Å². The number of quaternary nitrogens is 3. The van der Waals surface area contributed by atoms with E-state index in [0.717, 1.165) is 32.5 Å². The maximum atomic E-state index is 10.3. The molecule has 0 saturated carbocycles.